The van der Waals surface area contributed by atoms with Crippen LogP contribution in [0.1, 0.15) is 68.1 Å². The zero-order valence-electron chi connectivity index (χ0n) is 16.4. The first-order valence-electron chi connectivity index (χ1n) is 10.4. The smallest absolute Gasteiger partial charge is 0.306 e. The maximum absolute atomic E-state index is 12.6. The van der Waals surface area contributed by atoms with E-state index in [4.69, 9.17) is 5.11 Å². The maximum atomic E-state index is 12.6. The second kappa shape index (κ2) is 9.71. The SMILES string of the molecule is O=C(CCC1CCCCC1)Nc1ccc(C(=O)N2CCC(C(=O)O)CC2)cc1. The summed E-state index contributed by atoms with van der Waals surface area (Å²) in [6.45, 7) is 0.935. The van der Waals surface area contributed by atoms with Crippen molar-refractivity contribution in [1.82, 2.24) is 4.90 Å². The standard InChI is InChI=1S/C22H30N2O4/c25-20(11-6-16-4-2-1-3-5-16)23-19-9-7-17(8-10-19)21(26)24-14-12-18(13-15-24)22(27)28/h7-10,16,18H,1-6,11-15H2,(H,23,25)(H,27,28). The molecule has 28 heavy (non-hydrogen) atoms. The van der Waals surface area contributed by atoms with E-state index in [0.717, 1.165) is 6.42 Å². The summed E-state index contributed by atoms with van der Waals surface area (Å²) in [5, 5.41) is 12.0. The lowest BCUT2D eigenvalue weighted by molar-refractivity contribution is -0.143. The van der Waals surface area contributed by atoms with Gasteiger partial charge in [-0.1, -0.05) is 32.1 Å². The van der Waals surface area contributed by atoms with Crippen molar-refractivity contribution in [2.24, 2.45) is 11.8 Å². The van der Waals surface area contributed by atoms with E-state index in [0.29, 0.717) is 49.5 Å². The van der Waals surface area contributed by atoms with E-state index in [9.17, 15) is 14.4 Å². The molecule has 2 amide bonds. The van der Waals surface area contributed by atoms with E-state index in [1.165, 1.54) is 32.1 Å². The molecule has 1 aliphatic heterocycles. The first-order valence-corrected chi connectivity index (χ1v) is 10.4. The Morgan fingerprint density at radius 2 is 1.61 bits per heavy atom. The quantitative estimate of drug-likeness (QED) is 0.776. The van der Waals surface area contributed by atoms with E-state index in [1.807, 2.05) is 0 Å². The van der Waals surface area contributed by atoms with Crippen molar-refractivity contribution in [3.8, 4) is 0 Å². The van der Waals surface area contributed by atoms with Crippen LogP contribution in [-0.4, -0.2) is 40.9 Å². The minimum Gasteiger partial charge on any atom is -0.481 e. The van der Waals surface area contributed by atoms with Crippen molar-refractivity contribution >= 4 is 23.5 Å². The van der Waals surface area contributed by atoms with Crippen molar-refractivity contribution in [2.45, 2.75) is 57.8 Å². The number of aliphatic carboxylic acids is 1. The van der Waals surface area contributed by atoms with E-state index in [1.54, 1.807) is 29.2 Å². The molecule has 3 rings (SSSR count). The Morgan fingerprint density at radius 1 is 0.964 bits per heavy atom. The molecule has 1 saturated heterocycles. The van der Waals surface area contributed by atoms with E-state index >= 15 is 0 Å². The molecule has 2 fully saturated rings. The number of carboxylic acids is 1. The Hall–Kier alpha value is -2.37. The predicted molar refractivity (Wildman–Crippen MR) is 107 cm³/mol. The highest BCUT2D eigenvalue weighted by molar-refractivity contribution is 5.96. The van der Waals surface area contributed by atoms with Gasteiger partial charge in [-0.2, -0.15) is 0 Å². The van der Waals surface area contributed by atoms with Gasteiger partial charge in [0, 0.05) is 30.8 Å². The van der Waals surface area contributed by atoms with Gasteiger partial charge in [0.15, 0.2) is 0 Å². The molecule has 0 aromatic heterocycles. The van der Waals surface area contributed by atoms with E-state index < -0.39 is 5.97 Å². The summed E-state index contributed by atoms with van der Waals surface area (Å²) in [6.07, 6.45) is 8.88. The third kappa shape index (κ3) is 5.57. The molecule has 6 nitrogen and oxygen atoms in total. The number of amides is 2. The third-order valence-electron chi connectivity index (χ3n) is 6.05. The van der Waals surface area contributed by atoms with Gasteiger partial charge in [0.05, 0.1) is 5.92 Å². The maximum Gasteiger partial charge on any atom is 0.306 e. The first-order chi connectivity index (χ1) is 13.5. The average Bonchev–Trinajstić information content (AvgIpc) is 2.73. The van der Waals surface area contributed by atoms with Gasteiger partial charge in [-0.15, -0.1) is 0 Å². The van der Waals surface area contributed by atoms with Crippen LogP contribution in [-0.2, 0) is 9.59 Å². The van der Waals surface area contributed by atoms with E-state index in [2.05, 4.69) is 5.32 Å². The van der Waals surface area contributed by atoms with Crippen molar-refractivity contribution < 1.29 is 19.5 Å². The van der Waals surface area contributed by atoms with Crippen LogP contribution in [0.4, 0.5) is 5.69 Å². The fourth-order valence-corrected chi connectivity index (χ4v) is 4.24. The Kier molecular flexibility index (Phi) is 7.06. The molecule has 1 aromatic rings. The zero-order chi connectivity index (χ0) is 19.9. The minimum atomic E-state index is -0.782. The fourth-order valence-electron chi connectivity index (χ4n) is 4.24. The molecule has 0 bridgehead atoms. The van der Waals surface area contributed by atoms with Gasteiger partial charge in [-0.25, -0.2) is 0 Å². The number of likely N-dealkylation sites (tertiary alicyclic amines) is 1. The summed E-state index contributed by atoms with van der Waals surface area (Å²) in [7, 11) is 0. The second-order valence-electron chi connectivity index (χ2n) is 8.07. The first kappa shape index (κ1) is 20.4. The van der Waals surface area contributed by atoms with Gasteiger partial charge in [0.25, 0.3) is 5.91 Å². The highest BCUT2D eigenvalue weighted by Gasteiger charge is 2.27. The zero-order valence-corrected chi connectivity index (χ0v) is 16.4. The average molecular weight is 386 g/mol. The molecule has 1 heterocycles. The van der Waals surface area contributed by atoms with Gasteiger partial charge in [0.2, 0.25) is 5.91 Å². The van der Waals surface area contributed by atoms with Crippen molar-refractivity contribution in [3.63, 3.8) is 0 Å². The highest BCUT2D eigenvalue weighted by Crippen LogP contribution is 2.27. The number of anilines is 1. The normalized spacial score (nSPS) is 18.6. The lowest BCUT2D eigenvalue weighted by Crippen LogP contribution is -2.40. The number of carbonyl (C=O) groups excluding carboxylic acids is 2. The number of carboxylic acid groups (broad SMARTS) is 1. The van der Waals surface area contributed by atoms with Gasteiger partial charge >= 0.3 is 5.97 Å². The van der Waals surface area contributed by atoms with Gasteiger partial charge in [-0.05, 0) is 49.4 Å². The lowest BCUT2D eigenvalue weighted by Gasteiger charge is -2.30. The van der Waals surface area contributed by atoms with Gasteiger partial charge < -0.3 is 15.3 Å². The van der Waals surface area contributed by atoms with Crippen LogP contribution in [0.15, 0.2) is 24.3 Å². The lowest BCUT2D eigenvalue weighted by atomic mass is 9.86. The summed E-state index contributed by atoms with van der Waals surface area (Å²) >= 11 is 0. The third-order valence-corrected chi connectivity index (χ3v) is 6.05. The number of piperidine rings is 1. The topological polar surface area (TPSA) is 86.7 Å². The Balaban J connectivity index is 1.45. The van der Waals surface area contributed by atoms with Crippen LogP contribution in [0.2, 0.25) is 0 Å². The van der Waals surface area contributed by atoms with Crippen molar-refractivity contribution in [1.29, 1.82) is 0 Å². The molecular weight excluding hydrogens is 356 g/mol. The second-order valence-corrected chi connectivity index (χ2v) is 8.07. The molecule has 1 aliphatic carbocycles. The number of nitrogens with one attached hydrogen (secondary N) is 1. The number of carbonyl (C=O) groups is 3. The largest absolute Gasteiger partial charge is 0.481 e. The Bertz CT molecular complexity index is 687. The number of hydrogen-bond donors (Lipinski definition) is 2. The summed E-state index contributed by atoms with van der Waals surface area (Å²) in [5.41, 5.74) is 1.27. The van der Waals surface area contributed by atoms with Crippen LogP contribution in [0.3, 0.4) is 0 Å². The number of nitrogens with zero attached hydrogens (tertiary/aromatic N) is 1. The van der Waals surface area contributed by atoms with Crippen molar-refractivity contribution in [3.05, 3.63) is 29.8 Å². The molecule has 1 saturated carbocycles. The molecule has 0 atom stereocenters. The molecule has 152 valence electrons. The molecule has 0 radical (unpaired) electrons. The van der Waals surface area contributed by atoms with Gasteiger partial charge in [-0.3, -0.25) is 14.4 Å². The number of benzene rings is 1. The van der Waals surface area contributed by atoms with Crippen LogP contribution < -0.4 is 5.32 Å². The molecule has 1 aromatic carbocycles. The molecule has 6 heteroatoms. The number of rotatable bonds is 6. The molecule has 2 aliphatic rings. The molecular formula is C22H30N2O4. The highest BCUT2D eigenvalue weighted by atomic mass is 16.4. The van der Waals surface area contributed by atoms with Gasteiger partial charge in [0.1, 0.15) is 0 Å². The number of hydrogen-bond acceptors (Lipinski definition) is 3. The Morgan fingerprint density at radius 3 is 2.21 bits per heavy atom. The molecule has 2 N–H and O–H groups in total. The summed E-state index contributed by atoms with van der Waals surface area (Å²) in [6, 6.07) is 6.97. The molecule has 0 unspecified atom stereocenters. The minimum absolute atomic E-state index is 0.0281. The summed E-state index contributed by atoms with van der Waals surface area (Å²) in [5.74, 6) is -0.505. The van der Waals surface area contributed by atoms with Crippen LogP contribution in [0.25, 0.3) is 0 Å². The van der Waals surface area contributed by atoms with Crippen LogP contribution >= 0.6 is 0 Å². The fraction of sp³-hybridized carbons (Fsp3) is 0.591. The summed E-state index contributed by atoms with van der Waals surface area (Å²) in [4.78, 5) is 37.5. The monoisotopic (exact) mass is 386 g/mol. The van der Waals surface area contributed by atoms with Crippen LogP contribution in [0.5, 0.6) is 0 Å². The van der Waals surface area contributed by atoms with Crippen LogP contribution in [0, 0.1) is 11.8 Å². The van der Waals surface area contributed by atoms with Crippen molar-refractivity contribution in [2.75, 3.05) is 18.4 Å². The van der Waals surface area contributed by atoms with E-state index in [-0.39, 0.29) is 17.7 Å². The predicted octanol–water partition coefficient (Wildman–Crippen LogP) is 3.92. The Labute approximate surface area is 166 Å². The summed E-state index contributed by atoms with van der Waals surface area (Å²) < 4.78 is 0. The molecule has 0 spiro atoms.